The molecule has 1 atom stereocenters. The van der Waals surface area contributed by atoms with Crippen LogP contribution in [-0.2, 0) is 14.6 Å². The zero-order chi connectivity index (χ0) is 24.4. The molecule has 1 unspecified atom stereocenters. The molecule has 0 radical (unpaired) electrons. The lowest BCUT2D eigenvalue weighted by atomic mass is 10.1. The summed E-state index contributed by atoms with van der Waals surface area (Å²) in [7, 11) is -6.55. The Morgan fingerprint density at radius 1 is 1.09 bits per heavy atom. The molecular formula is C20H18FN2O7PS2. The maximum Gasteiger partial charge on any atom is 0.347 e. The van der Waals surface area contributed by atoms with Crippen molar-refractivity contribution in [3.05, 3.63) is 65.5 Å². The molecule has 0 bridgehead atoms. The van der Waals surface area contributed by atoms with E-state index in [1.54, 1.807) is 24.3 Å². The number of halogens is 1. The Kier molecular flexibility index (Phi) is 7.23. The molecule has 3 rings (SSSR count). The smallest absolute Gasteiger partial charge is 0.347 e. The van der Waals surface area contributed by atoms with Crippen molar-refractivity contribution in [1.82, 2.24) is 4.72 Å². The van der Waals surface area contributed by atoms with Gasteiger partial charge < -0.3 is 19.3 Å². The van der Waals surface area contributed by atoms with Crippen LogP contribution in [0, 0.1) is 17.1 Å². The van der Waals surface area contributed by atoms with E-state index in [0.29, 0.717) is 28.0 Å². The highest BCUT2D eigenvalue weighted by molar-refractivity contribution is 7.92. The number of nitrogens with zero attached hydrogens (tertiary/aromatic N) is 1. The number of sulfonamides is 1. The minimum absolute atomic E-state index is 0.208. The summed E-state index contributed by atoms with van der Waals surface area (Å²) in [6.07, 6.45) is 0. The highest BCUT2D eigenvalue weighted by atomic mass is 32.2. The Labute approximate surface area is 193 Å². The van der Waals surface area contributed by atoms with E-state index >= 15 is 0 Å². The minimum atomic E-state index is -5.09. The van der Waals surface area contributed by atoms with Gasteiger partial charge in [0, 0.05) is 4.88 Å². The van der Waals surface area contributed by atoms with Gasteiger partial charge in [0.15, 0.2) is 11.5 Å². The van der Waals surface area contributed by atoms with Crippen molar-refractivity contribution >= 4 is 29.0 Å². The molecule has 3 aromatic rings. The lowest BCUT2D eigenvalue weighted by Gasteiger charge is -2.20. The monoisotopic (exact) mass is 512 g/mol. The molecule has 0 fully saturated rings. The van der Waals surface area contributed by atoms with Gasteiger partial charge in [-0.2, -0.15) is 9.98 Å². The van der Waals surface area contributed by atoms with Crippen LogP contribution in [-0.4, -0.2) is 32.4 Å². The maximum atomic E-state index is 14.0. The molecule has 0 spiro atoms. The molecule has 0 aliphatic carbocycles. The van der Waals surface area contributed by atoms with E-state index in [-0.39, 0.29) is 15.3 Å². The summed E-state index contributed by atoms with van der Waals surface area (Å²) in [5.41, 5.74) is -0.0243. The van der Waals surface area contributed by atoms with Crippen LogP contribution in [0.15, 0.2) is 52.7 Å². The minimum Gasteiger partial charge on any atom is -0.493 e. The molecule has 13 heteroatoms. The van der Waals surface area contributed by atoms with Crippen LogP contribution in [0.25, 0.3) is 10.4 Å². The van der Waals surface area contributed by atoms with Gasteiger partial charge in [-0.1, -0.05) is 6.07 Å². The van der Waals surface area contributed by atoms with Crippen molar-refractivity contribution in [2.45, 2.75) is 9.99 Å². The summed E-state index contributed by atoms with van der Waals surface area (Å²) in [6, 6.07) is 12.2. The average molecular weight is 512 g/mol. The molecule has 0 aliphatic heterocycles. The van der Waals surface area contributed by atoms with Gasteiger partial charge in [0.1, 0.15) is 21.9 Å². The van der Waals surface area contributed by atoms with Crippen LogP contribution in [0.2, 0.25) is 0 Å². The summed E-state index contributed by atoms with van der Waals surface area (Å²) in [6.45, 7) is 0. The second-order valence-electron chi connectivity index (χ2n) is 6.65. The van der Waals surface area contributed by atoms with Gasteiger partial charge in [-0.3, -0.25) is 4.57 Å². The molecular weight excluding hydrogens is 494 g/mol. The molecule has 1 aromatic heterocycles. The summed E-state index contributed by atoms with van der Waals surface area (Å²) in [5.74, 6) is -2.14. The first-order valence-corrected chi connectivity index (χ1v) is 13.1. The summed E-state index contributed by atoms with van der Waals surface area (Å²) < 4.78 is 64.0. The van der Waals surface area contributed by atoms with Crippen molar-refractivity contribution in [1.29, 1.82) is 5.26 Å². The quantitative estimate of drug-likeness (QED) is 0.388. The highest BCUT2D eigenvalue weighted by Gasteiger charge is 2.36. The van der Waals surface area contributed by atoms with Crippen molar-refractivity contribution in [3.8, 4) is 28.0 Å². The van der Waals surface area contributed by atoms with E-state index in [2.05, 4.69) is 0 Å². The average Bonchev–Trinajstić information content (AvgIpc) is 3.27. The number of nitrogens with one attached hydrogen (secondary N) is 1. The van der Waals surface area contributed by atoms with Crippen LogP contribution in [0.1, 0.15) is 16.9 Å². The fourth-order valence-electron chi connectivity index (χ4n) is 2.94. The number of benzene rings is 2. The Hall–Kier alpha value is -2.78. The molecule has 2 aromatic carbocycles. The molecule has 0 amide bonds. The summed E-state index contributed by atoms with van der Waals surface area (Å²) >= 11 is 0.866. The Morgan fingerprint density at radius 2 is 1.79 bits per heavy atom. The molecule has 0 saturated carbocycles. The van der Waals surface area contributed by atoms with Crippen molar-refractivity contribution < 1.29 is 36.6 Å². The van der Waals surface area contributed by atoms with Gasteiger partial charge in [0.2, 0.25) is 0 Å². The Bertz CT molecular complexity index is 1380. The molecule has 1 heterocycles. The lowest BCUT2D eigenvalue weighted by Crippen LogP contribution is -2.28. The van der Waals surface area contributed by atoms with Gasteiger partial charge in [-0.25, -0.2) is 12.8 Å². The predicted molar refractivity (Wildman–Crippen MR) is 119 cm³/mol. The van der Waals surface area contributed by atoms with Crippen molar-refractivity contribution in [3.63, 3.8) is 0 Å². The van der Waals surface area contributed by atoms with E-state index in [1.165, 1.54) is 26.4 Å². The third kappa shape index (κ3) is 5.42. The van der Waals surface area contributed by atoms with Crippen molar-refractivity contribution in [2.75, 3.05) is 14.2 Å². The Morgan fingerprint density at radius 3 is 2.36 bits per heavy atom. The molecule has 3 N–H and O–H groups in total. The first kappa shape index (κ1) is 24.9. The van der Waals surface area contributed by atoms with E-state index in [9.17, 15) is 27.2 Å². The van der Waals surface area contributed by atoms with E-state index in [0.717, 1.165) is 23.5 Å². The van der Waals surface area contributed by atoms with E-state index < -0.39 is 29.2 Å². The number of thiophene rings is 1. The van der Waals surface area contributed by atoms with Crippen LogP contribution in [0.3, 0.4) is 0 Å². The Balaban J connectivity index is 1.95. The first-order valence-electron chi connectivity index (χ1n) is 9.09. The number of hydrogen-bond acceptors (Lipinski definition) is 7. The zero-order valence-electron chi connectivity index (χ0n) is 17.2. The number of rotatable bonds is 8. The number of hydrogen-bond donors (Lipinski definition) is 3. The van der Waals surface area contributed by atoms with Gasteiger partial charge in [-0.15, -0.1) is 11.3 Å². The number of nitriles is 1. The number of methoxy groups -OCH3 is 2. The summed E-state index contributed by atoms with van der Waals surface area (Å²) in [5, 5.41) is 8.83. The van der Waals surface area contributed by atoms with E-state index in [4.69, 9.17) is 14.7 Å². The lowest BCUT2D eigenvalue weighted by molar-refractivity contribution is 0.355. The van der Waals surface area contributed by atoms with Gasteiger partial charge in [0.25, 0.3) is 10.0 Å². The van der Waals surface area contributed by atoms with Crippen LogP contribution in [0.5, 0.6) is 11.5 Å². The van der Waals surface area contributed by atoms with Crippen LogP contribution in [0.4, 0.5) is 4.39 Å². The fraction of sp³-hybridized carbons (Fsp3) is 0.150. The molecule has 9 nitrogen and oxygen atoms in total. The fourth-order valence-corrected chi connectivity index (χ4v) is 6.83. The number of ether oxygens (including phenoxy) is 2. The third-order valence-electron chi connectivity index (χ3n) is 4.55. The highest BCUT2D eigenvalue weighted by Crippen LogP contribution is 2.51. The molecule has 0 aliphatic rings. The SMILES string of the molecule is COc1ccc(-c2ccc(S(=O)(=O)NC(c3ccc(C#N)c(F)c3)P(=O)(O)O)s2)cc1OC. The molecule has 0 saturated heterocycles. The van der Waals surface area contributed by atoms with Crippen LogP contribution < -0.4 is 14.2 Å². The molecule has 33 heavy (non-hydrogen) atoms. The standard InChI is InChI=1S/C20H18FN2O7PS2/c1-29-16-6-5-12(10-17(16)30-2)18-7-8-19(32-18)33(27,28)23-20(31(24,25)26)13-3-4-14(11-22)15(21)9-13/h3-10,20,23H,1-2H3,(H2,24,25,26). The molecule has 174 valence electrons. The summed E-state index contributed by atoms with van der Waals surface area (Å²) in [4.78, 5) is 20.0. The van der Waals surface area contributed by atoms with Gasteiger partial charge in [-0.05, 0) is 53.6 Å². The second kappa shape index (κ2) is 9.61. The van der Waals surface area contributed by atoms with E-state index in [1.807, 2.05) is 4.72 Å². The normalized spacial score (nSPS) is 12.7. The van der Waals surface area contributed by atoms with Crippen LogP contribution >= 0.6 is 18.9 Å². The van der Waals surface area contributed by atoms with Gasteiger partial charge >= 0.3 is 7.60 Å². The maximum absolute atomic E-state index is 14.0. The largest absolute Gasteiger partial charge is 0.493 e. The topological polar surface area (TPSA) is 146 Å². The van der Waals surface area contributed by atoms with Gasteiger partial charge in [0.05, 0.1) is 19.8 Å². The zero-order valence-corrected chi connectivity index (χ0v) is 19.7. The third-order valence-corrected chi connectivity index (χ3v) is 8.87. The second-order valence-corrected chi connectivity index (χ2v) is 11.4. The first-order chi connectivity index (χ1) is 15.5. The predicted octanol–water partition coefficient (Wildman–Crippen LogP) is 3.60. The van der Waals surface area contributed by atoms with Crippen molar-refractivity contribution in [2.24, 2.45) is 0 Å².